The molecular formula is C20H28IN5O2. The van der Waals surface area contributed by atoms with Crippen molar-refractivity contribution in [2.45, 2.75) is 26.3 Å². The first kappa shape index (κ1) is 22.2. The lowest BCUT2D eigenvalue weighted by Crippen LogP contribution is -2.46. The Morgan fingerprint density at radius 2 is 2.00 bits per heavy atom. The molecule has 0 radical (unpaired) electrons. The third-order valence-electron chi connectivity index (χ3n) is 4.73. The van der Waals surface area contributed by atoms with E-state index in [9.17, 15) is 4.79 Å². The van der Waals surface area contributed by atoms with E-state index in [0.717, 1.165) is 43.1 Å². The summed E-state index contributed by atoms with van der Waals surface area (Å²) in [4.78, 5) is 18.5. The zero-order chi connectivity index (χ0) is 19.1. The van der Waals surface area contributed by atoms with E-state index in [1.54, 1.807) is 7.05 Å². The van der Waals surface area contributed by atoms with E-state index in [2.05, 4.69) is 20.3 Å². The minimum absolute atomic E-state index is 0. The molecule has 7 nitrogen and oxygen atoms in total. The number of aromatic nitrogens is 2. The Hall–Kier alpha value is -2.10. The van der Waals surface area contributed by atoms with Gasteiger partial charge in [-0.25, -0.2) is 4.68 Å². The molecule has 0 amide bonds. The number of benzene rings is 1. The molecule has 2 heterocycles. The first-order valence-corrected chi connectivity index (χ1v) is 9.42. The van der Waals surface area contributed by atoms with E-state index >= 15 is 0 Å². The summed E-state index contributed by atoms with van der Waals surface area (Å²) < 4.78 is 7.00. The first-order valence-electron chi connectivity index (χ1n) is 9.42. The summed E-state index contributed by atoms with van der Waals surface area (Å²) in [6, 6.07) is 10.0. The average molecular weight is 497 g/mol. The summed E-state index contributed by atoms with van der Waals surface area (Å²) in [5, 5.41) is 7.82. The maximum Gasteiger partial charge on any atom is 0.309 e. The fourth-order valence-corrected chi connectivity index (χ4v) is 3.27. The van der Waals surface area contributed by atoms with Crippen molar-refractivity contribution in [2.24, 2.45) is 10.9 Å². The lowest BCUT2D eigenvalue weighted by atomic mass is 9.97. The molecule has 0 atom stereocenters. The lowest BCUT2D eigenvalue weighted by molar-refractivity contribution is -0.149. The summed E-state index contributed by atoms with van der Waals surface area (Å²) in [5.41, 5.74) is 2.12. The van der Waals surface area contributed by atoms with Gasteiger partial charge in [0.2, 0.25) is 0 Å². The van der Waals surface area contributed by atoms with Crippen LogP contribution in [0.15, 0.2) is 47.7 Å². The van der Waals surface area contributed by atoms with Gasteiger partial charge in [0, 0.05) is 38.4 Å². The number of ether oxygens (including phenoxy) is 1. The van der Waals surface area contributed by atoms with E-state index in [1.165, 1.54) is 0 Å². The molecule has 3 rings (SSSR count). The fourth-order valence-electron chi connectivity index (χ4n) is 3.27. The number of nitrogens with one attached hydrogen (secondary N) is 1. The summed E-state index contributed by atoms with van der Waals surface area (Å²) in [6.07, 6.45) is 5.47. The average Bonchev–Trinajstić information content (AvgIpc) is 3.19. The zero-order valence-electron chi connectivity index (χ0n) is 16.4. The number of aliphatic imine (C=N–C) groups is 1. The highest BCUT2D eigenvalue weighted by Gasteiger charge is 2.27. The Morgan fingerprint density at radius 3 is 2.64 bits per heavy atom. The fraction of sp³-hybridized carbons (Fsp3) is 0.450. The van der Waals surface area contributed by atoms with Gasteiger partial charge < -0.3 is 15.0 Å². The second-order valence-corrected chi connectivity index (χ2v) is 6.54. The molecular weight excluding hydrogens is 469 g/mol. The molecule has 2 aromatic rings. The molecule has 1 aliphatic heterocycles. The Bertz CT molecular complexity index is 770. The smallest absolute Gasteiger partial charge is 0.309 e. The molecule has 152 valence electrons. The predicted octanol–water partition coefficient (Wildman–Crippen LogP) is 2.84. The topological polar surface area (TPSA) is 71.8 Å². The number of hydrogen-bond acceptors (Lipinski definition) is 4. The number of piperidine rings is 1. The number of halogens is 1. The van der Waals surface area contributed by atoms with Crippen molar-refractivity contribution in [3.63, 3.8) is 0 Å². The summed E-state index contributed by atoms with van der Waals surface area (Å²) in [5.74, 6) is 0.779. The van der Waals surface area contributed by atoms with Gasteiger partial charge in [0.15, 0.2) is 5.96 Å². The number of rotatable bonds is 5. The van der Waals surface area contributed by atoms with Crippen LogP contribution in [0.4, 0.5) is 0 Å². The second kappa shape index (κ2) is 11.0. The number of esters is 1. The van der Waals surface area contributed by atoms with Gasteiger partial charge in [-0.05, 0) is 31.9 Å². The Morgan fingerprint density at radius 1 is 1.29 bits per heavy atom. The molecule has 1 aliphatic rings. The maximum absolute atomic E-state index is 11.9. The van der Waals surface area contributed by atoms with Crippen LogP contribution >= 0.6 is 24.0 Å². The molecule has 1 aromatic heterocycles. The number of carbonyl (C=O) groups excluding carboxylic acids is 1. The predicted molar refractivity (Wildman–Crippen MR) is 120 cm³/mol. The number of carbonyl (C=O) groups is 1. The summed E-state index contributed by atoms with van der Waals surface area (Å²) >= 11 is 0. The van der Waals surface area contributed by atoms with E-state index in [0.29, 0.717) is 13.2 Å². The van der Waals surface area contributed by atoms with E-state index in [1.807, 2.05) is 54.3 Å². The van der Waals surface area contributed by atoms with Crippen LogP contribution in [-0.4, -0.2) is 53.4 Å². The standard InChI is InChI=1S/C20H27N5O2.HI/c1-3-27-19(26)17-9-11-24(12-10-17)20(21-2)22-13-16-14-23-25(15-16)18-7-5-4-6-8-18;/h4-8,14-15,17H,3,9-13H2,1-2H3,(H,21,22);1H. The Balaban J connectivity index is 0.00000280. The third-order valence-corrected chi connectivity index (χ3v) is 4.73. The highest BCUT2D eigenvalue weighted by atomic mass is 127. The van der Waals surface area contributed by atoms with Crippen LogP contribution in [0, 0.1) is 5.92 Å². The van der Waals surface area contributed by atoms with Crippen molar-refractivity contribution in [2.75, 3.05) is 26.7 Å². The number of hydrogen-bond donors (Lipinski definition) is 1. The van der Waals surface area contributed by atoms with E-state index in [4.69, 9.17) is 4.74 Å². The minimum atomic E-state index is -0.0755. The van der Waals surface area contributed by atoms with Crippen LogP contribution in [0.2, 0.25) is 0 Å². The van der Waals surface area contributed by atoms with Crippen molar-refractivity contribution in [3.05, 3.63) is 48.3 Å². The molecule has 0 saturated carbocycles. The monoisotopic (exact) mass is 497 g/mol. The van der Waals surface area contributed by atoms with Gasteiger partial charge >= 0.3 is 5.97 Å². The normalized spacial score (nSPS) is 15.1. The van der Waals surface area contributed by atoms with Crippen LogP contribution in [0.1, 0.15) is 25.3 Å². The molecule has 28 heavy (non-hydrogen) atoms. The van der Waals surface area contributed by atoms with Gasteiger partial charge in [-0.1, -0.05) is 18.2 Å². The molecule has 1 aromatic carbocycles. The summed E-state index contributed by atoms with van der Waals surface area (Å²) in [7, 11) is 1.78. The highest BCUT2D eigenvalue weighted by molar-refractivity contribution is 14.0. The van der Waals surface area contributed by atoms with Crippen LogP contribution in [0.3, 0.4) is 0 Å². The van der Waals surface area contributed by atoms with Crippen molar-refractivity contribution >= 4 is 35.9 Å². The van der Waals surface area contributed by atoms with Gasteiger partial charge in [0.05, 0.1) is 24.4 Å². The van der Waals surface area contributed by atoms with Crippen molar-refractivity contribution in [3.8, 4) is 5.69 Å². The van der Waals surface area contributed by atoms with Crippen molar-refractivity contribution in [1.82, 2.24) is 20.0 Å². The Labute approximate surface area is 183 Å². The highest BCUT2D eigenvalue weighted by Crippen LogP contribution is 2.19. The largest absolute Gasteiger partial charge is 0.466 e. The second-order valence-electron chi connectivity index (χ2n) is 6.54. The van der Waals surface area contributed by atoms with Gasteiger partial charge in [-0.15, -0.1) is 24.0 Å². The maximum atomic E-state index is 11.9. The molecule has 0 spiro atoms. The SMILES string of the molecule is CCOC(=O)C1CCN(C(=NC)NCc2cnn(-c3ccccc3)c2)CC1.I. The summed E-state index contributed by atoms with van der Waals surface area (Å²) in [6.45, 7) is 4.54. The van der Waals surface area contributed by atoms with Crippen LogP contribution in [-0.2, 0) is 16.1 Å². The first-order chi connectivity index (χ1) is 13.2. The minimum Gasteiger partial charge on any atom is -0.466 e. The quantitative estimate of drug-likeness (QED) is 0.298. The molecule has 0 unspecified atom stereocenters. The number of likely N-dealkylation sites (tertiary alicyclic amines) is 1. The van der Waals surface area contributed by atoms with Gasteiger partial charge in [0.1, 0.15) is 0 Å². The molecule has 0 bridgehead atoms. The molecule has 0 aliphatic carbocycles. The van der Waals surface area contributed by atoms with Crippen LogP contribution in [0.25, 0.3) is 5.69 Å². The van der Waals surface area contributed by atoms with Gasteiger partial charge in [-0.2, -0.15) is 5.10 Å². The number of nitrogens with zero attached hydrogens (tertiary/aromatic N) is 4. The van der Waals surface area contributed by atoms with Crippen molar-refractivity contribution in [1.29, 1.82) is 0 Å². The molecule has 1 saturated heterocycles. The molecule has 1 N–H and O–H groups in total. The van der Waals surface area contributed by atoms with Gasteiger partial charge in [-0.3, -0.25) is 9.79 Å². The lowest BCUT2D eigenvalue weighted by Gasteiger charge is -2.33. The van der Waals surface area contributed by atoms with E-state index < -0.39 is 0 Å². The van der Waals surface area contributed by atoms with E-state index in [-0.39, 0.29) is 35.9 Å². The number of para-hydroxylation sites is 1. The molecule has 8 heteroatoms. The Kier molecular flexibility index (Phi) is 8.75. The third kappa shape index (κ3) is 5.70. The van der Waals surface area contributed by atoms with Crippen LogP contribution < -0.4 is 5.32 Å². The van der Waals surface area contributed by atoms with Crippen molar-refractivity contribution < 1.29 is 9.53 Å². The molecule has 1 fully saturated rings. The number of guanidine groups is 1. The zero-order valence-corrected chi connectivity index (χ0v) is 18.7. The van der Waals surface area contributed by atoms with Gasteiger partial charge in [0.25, 0.3) is 0 Å². The van der Waals surface area contributed by atoms with Crippen LogP contribution in [0.5, 0.6) is 0 Å².